The van der Waals surface area contributed by atoms with Crippen LogP contribution in [0.25, 0.3) is 0 Å². The van der Waals surface area contributed by atoms with Crippen LogP contribution in [0.3, 0.4) is 0 Å². The molecular formula is C14H16F3N. The van der Waals surface area contributed by atoms with Gasteiger partial charge in [-0.15, -0.1) is 0 Å². The van der Waals surface area contributed by atoms with Gasteiger partial charge in [-0.3, -0.25) is 4.90 Å². The lowest BCUT2D eigenvalue weighted by Crippen LogP contribution is -2.36. The van der Waals surface area contributed by atoms with Crippen molar-refractivity contribution in [2.45, 2.75) is 31.7 Å². The summed E-state index contributed by atoms with van der Waals surface area (Å²) in [4.78, 5) is 2.07. The molecule has 2 aliphatic rings. The zero-order valence-corrected chi connectivity index (χ0v) is 10.1. The number of benzene rings is 1. The summed E-state index contributed by atoms with van der Waals surface area (Å²) >= 11 is 0. The molecule has 1 saturated heterocycles. The number of likely N-dealkylation sites (tertiary alicyclic amines) is 1. The van der Waals surface area contributed by atoms with E-state index in [1.807, 2.05) is 0 Å². The van der Waals surface area contributed by atoms with Gasteiger partial charge in [-0.2, -0.15) is 0 Å². The smallest absolute Gasteiger partial charge is 0.254 e. The summed E-state index contributed by atoms with van der Waals surface area (Å²) < 4.78 is 39.9. The lowest BCUT2D eigenvalue weighted by molar-refractivity contribution is 0.0298. The fourth-order valence-corrected chi connectivity index (χ4v) is 2.93. The van der Waals surface area contributed by atoms with Crippen molar-refractivity contribution >= 4 is 0 Å². The van der Waals surface area contributed by atoms with Crippen molar-refractivity contribution in [2.24, 2.45) is 5.41 Å². The van der Waals surface area contributed by atoms with Crippen LogP contribution < -0.4 is 0 Å². The highest BCUT2D eigenvalue weighted by Gasteiger charge is 2.70. The zero-order chi connectivity index (χ0) is 12.8. The number of nitrogens with zero attached hydrogens (tertiary/aromatic N) is 1. The van der Waals surface area contributed by atoms with Gasteiger partial charge >= 0.3 is 0 Å². The maximum Gasteiger partial charge on any atom is 0.254 e. The topological polar surface area (TPSA) is 3.24 Å². The van der Waals surface area contributed by atoms with Gasteiger partial charge < -0.3 is 0 Å². The van der Waals surface area contributed by atoms with Crippen molar-refractivity contribution in [3.05, 3.63) is 35.6 Å². The van der Waals surface area contributed by atoms with Gasteiger partial charge in [0.25, 0.3) is 5.92 Å². The van der Waals surface area contributed by atoms with Gasteiger partial charge in [0.1, 0.15) is 5.82 Å². The zero-order valence-electron chi connectivity index (χ0n) is 10.1. The van der Waals surface area contributed by atoms with Crippen LogP contribution in [0.5, 0.6) is 0 Å². The number of alkyl halides is 2. The van der Waals surface area contributed by atoms with Gasteiger partial charge in [-0.05, 0) is 32.0 Å². The molecule has 4 heteroatoms. The number of hydrogen-bond acceptors (Lipinski definition) is 1. The van der Waals surface area contributed by atoms with Gasteiger partial charge in [-0.1, -0.05) is 18.2 Å². The molecule has 1 aromatic rings. The van der Waals surface area contributed by atoms with Crippen molar-refractivity contribution in [3.8, 4) is 0 Å². The van der Waals surface area contributed by atoms with Crippen LogP contribution in [-0.4, -0.2) is 23.9 Å². The Labute approximate surface area is 105 Å². The highest BCUT2D eigenvalue weighted by molar-refractivity contribution is 5.18. The third-order valence-corrected chi connectivity index (χ3v) is 4.38. The van der Waals surface area contributed by atoms with Crippen molar-refractivity contribution in [1.29, 1.82) is 0 Å². The van der Waals surface area contributed by atoms with E-state index >= 15 is 0 Å². The Balaban J connectivity index is 1.60. The molecule has 18 heavy (non-hydrogen) atoms. The van der Waals surface area contributed by atoms with Crippen LogP contribution in [0.15, 0.2) is 24.3 Å². The van der Waals surface area contributed by atoms with Gasteiger partial charge in [0.05, 0.1) is 0 Å². The van der Waals surface area contributed by atoms with Crippen LogP contribution in [-0.2, 0) is 6.54 Å². The first kappa shape index (κ1) is 12.0. The highest BCUT2D eigenvalue weighted by Crippen LogP contribution is 2.65. The molecule has 98 valence electrons. The first-order chi connectivity index (χ1) is 8.52. The predicted octanol–water partition coefficient (Wildman–Crippen LogP) is 3.45. The Morgan fingerprint density at radius 3 is 2.28 bits per heavy atom. The van der Waals surface area contributed by atoms with Crippen molar-refractivity contribution < 1.29 is 13.2 Å². The summed E-state index contributed by atoms with van der Waals surface area (Å²) in [5.41, 5.74) is -0.0744. The molecule has 3 rings (SSSR count). The minimum atomic E-state index is -2.45. The average Bonchev–Trinajstić information content (AvgIpc) is 2.86. The first-order valence-electron chi connectivity index (χ1n) is 6.36. The quantitative estimate of drug-likeness (QED) is 0.782. The fourth-order valence-electron chi connectivity index (χ4n) is 2.93. The van der Waals surface area contributed by atoms with E-state index < -0.39 is 11.3 Å². The van der Waals surface area contributed by atoms with Crippen LogP contribution in [0.2, 0.25) is 0 Å². The normalized spacial score (nSPS) is 25.3. The van der Waals surface area contributed by atoms with Gasteiger partial charge in [0.2, 0.25) is 0 Å². The van der Waals surface area contributed by atoms with E-state index in [0.717, 1.165) is 0 Å². The van der Waals surface area contributed by atoms with E-state index in [4.69, 9.17) is 0 Å². The van der Waals surface area contributed by atoms with E-state index in [0.29, 0.717) is 38.0 Å². The number of piperidine rings is 1. The first-order valence-corrected chi connectivity index (χ1v) is 6.36. The Morgan fingerprint density at radius 1 is 1.11 bits per heavy atom. The molecule has 1 aliphatic heterocycles. The number of halogens is 3. The summed E-state index contributed by atoms with van der Waals surface area (Å²) in [6.07, 6.45) is 1.12. The molecule has 0 aromatic heterocycles. The SMILES string of the molecule is Fc1ccccc1CN1CCC2(CC1)CC2(F)F. The monoisotopic (exact) mass is 255 g/mol. The van der Waals surface area contributed by atoms with Crippen molar-refractivity contribution in [2.75, 3.05) is 13.1 Å². The van der Waals surface area contributed by atoms with E-state index in [2.05, 4.69) is 4.90 Å². The van der Waals surface area contributed by atoms with Gasteiger partial charge in [0, 0.05) is 23.9 Å². The molecule has 0 N–H and O–H groups in total. The molecule has 1 aromatic carbocycles. The van der Waals surface area contributed by atoms with E-state index in [-0.39, 0.29) is 12.2 Å². The van der Waals surface area contributed by atoms with Crippen LogP contribution in [0.1, 0.15) is 24.8 Å². The maximum absolute atomic E-state index is 13.5. The molecule has 0 unspecified atom stereocenters. The Bertz CT molecular complexity index is 450. The Hall–Kier alpha value is -1.03. The van der Waals surface area contributed by atoms with Crippen molar-refractivity contribution in [3.63, 3.8) is 0 Å². The lowest BCUT2D eigenvalue weighted by Gasteiger charge is -2.32. The summed E-state index contributed by atoms with van der Waals surface area (Å²) in [5.74, 6) is -2.66. The van der Waals surface area contributed by atoms with E-state index in [1.165, 1.54) is 6.07 Å². The minimum absolute atomic E-state index is 0.0491. The number of rotatable bonds is 2. The molecular weight excluding hydrogens is 239 g/mol. The van der Waals surface area contributed by atoms with Crippen molar-refractivity contribution in [1.82, 2.24) is 4.90 Å². The lowest BCUT2D eigenvalue weighted by atomic mass is 9.92. The Kier molecular flexibility index (Phi) is 2.66. The third kappa shape index (κ3) is 1.92. The molecule has 2 fully saturated rings. The fraction of sp³-hybridized carbons (Fsp3) is 0.571. The second-order valence-corrected chi connectivity index (χ2v) is 5.53. The number of hydrogen-bond donors (Lipinski definition) is 0. The second-order valence-electron chi connectivity index (χ2n) is 5.53. The summed E-state index contributed by atoms with van der Waals surface area (Å²) in [6, 6.07) is 6.66. The standard InChI is InChI=1S/C14H16F3N/c15-12-4-2-1-3-11(12)9-18-7-5-13(6-8-18)10-14(13,16)17/h1-4H,5-10H2. The molecule has 1 saturated carbocycles. The van der Waals surface area contributed by atoms with E-state index in [9.17, 15) is 13.2 Å². The Morgan fingerprint density at radius 2 is 1.72 bits per heavy atom. The van der Waals surface area contributed by atoms with Crippen LogP contribution in [0.4, 0.5) is 13.2 Å². The highest BCUT2D eigenvalue weighted by atomic mass is 19.3. The summed E-state index contributed by atoms with van der Waals surface area (Å²) in [6.45, 7) is 1.81. The molecule has 0 radical (unpaired) electrons. The molecule has 1 aliphatic carbocycles. The summed E-state index contributed by atoms with van der Waals surface area (Å²) in [5, 5.41) is 0. The molecule has 1 heterocycles. The van der Waals surface area contributed by atoms with Crippen LogP contribution >= 0.6 is 0 Å². The van der Waals surface area contributed by atoms with Gasteiger partial charge in [0.15, 0.2) is 0 Å². The molecule has 0 bridgehead atoms. The molecule has 1 spiro atoms. The largest absolute Gasteiger partial charge is 0.299 e. The minimum Gasteiger partial charge on any atom is -0.299 e. The predicted molar refractivity (Wildman–Crippen MR) is 62.9 cm³/mol. The average molecular weight is 255 g/mol. The second kappa shape index (κ2) is 3.98. The summed E-state index contributed by atoms with van der Waals surface area (Å²) in [7, 11) is 0. The molecule has 1 nitrogen and oxygen atoms in total. The van der Waals surface area contributed by atoms with Crippen LogP contribution in [0, 0.1) is 11.2 Å². The molecule has 0 atom stereocenters. The van der Waals surface area contributed by atoms with Gasteiger partial charge in [-0.25, -0.2) is 13.2 Å². The third-order valence-electron chi connectivity index (χ3n) is 4.38. The maximum atomic E-state index is 13.5. The van der Waals surface area contributed by atoms with E-state index in [1.54, 1.807) is 18.2 Å². The molecule has 0 amide bonds.